The highest BCUT2D eigenvalue weighted by Gasteiger charge is 2.32. The van der Waals surface area contributed by atoms with Crippen molar-refractivity contribution in [3.8, 4) is 16.9 Å². The Bertz CT molecular complexity index is 1870. The van der Waals surface area contributed by atoms with Gasteiger partial charge in [-0.3, -0.25) is 9.59 Å². The Hall–Kier alpha value is -5.56. The summed E-state index contributed by atoms with van der Waals surface area (Å²) in [4.78, 5) is 54.6. The van der Waals surface area contributed by atoms with Gasteiger partial charge in [0.1, 0.15) is 31.0 Å². The first-order valence-electron chi connectivity index (χ1n) is 17.5. The van der Waals surface area contributed by atoms with Gasteiger partial charge in [0.25, 0.3) is 0 Å². The summed E-state index contributed by atoms with van der Waals surface area (Å²) in [7, 11) is 4.59. The van der Waals surface area contributed by atoms with Gasteiger partial charge in [0.05, 0.1) is 24.8 Å². The van der Waals surface area contributed by atoms with Crippen LogP contribution >= 0.6 is 0 Å². The van der Waals surface area contributed by atoms with Crippen molar-refractivity contribution < 1.29 is 38.5 Å². The molecule has 0 spiro atoms. The number of ether oxygens (including phenoxy) is 3. The molecule has 2 amide bonds. The van der Waals surface area contributed by atoms with Crippen molar-refractivity contribution in [1.82, 2.24) is 21.3 Å². The van der Waals surface area contributed by atoms with Crippen LogP contribution in [0.3, 0.4) is 0 Å². The third-order valence-corrected chi connectivity index (χ3v) is 8.98. The molecular formula is C41H46N4O8. The summed E-state index contributed by atoms with van der Waals surface area (Å²) >= 11 is 0. The van der Waals surface area contributed by atoms with Crippen LogP contribution in [0.5, 0.6) is 5.75 Å². The molecule has 0 saturated carbocycles. The van der Waals surface area contributed by atoms with Crippen molar-refractivity contribution in [2.75, 3.05) is 27.7 Å². The monoisotopic (exact) mass is 722 g/mol. The molecule has 0 saturated heterocycles. The van der Waals surface area contributed by atoms with E-state index in [1.807, 2.05) is 84.9 Å². The van der Waals surface area contributed by atoms with Gasteiger partial charge in [0.15, 0.2) is 0 Å². The third kappa shape index (κ3) is 10.7. The van der Waals surface area contributed by atoms with Crippen LogP contribution in [0.2, 0.25) is 0 Å². The lowest BCUT2D eigenvalue weighted by Gasteiger charge is -2.26. The number of hydrogen-bond donors (Lipinski definition) is 5. The zero-order valence-corrected chi connectivity index (χ0v) is 30.1. The maximum atomic E-state index is 14.0. The molecule has 53 heavy (non-hydrogen) atoms. The predicted molar refractivity (Wildman–Crippen MR) is 199 cm³/mol. The zero-order chi connectivity index (χ0) is 37.7. The molecule has 0 fully saturated rings. The van der Waals surface area contributed by atoms with E-state index < -0.39 is 48.0 Å². The zero-order valence-electron chi connectivity index (χ0n) is 30.1. The number of carbonyl (C=O) groups is 4. The first-order chi connectivity index (χ1) is 25.7. The van der Waals surface area contributed by atoms with Crippen LogP contribution in [-0.4, -0.2) is 80.8 Å². The lowest BCUT2D eigenvalue weighted by Crippen LogP contribution is -2.56. The highest BCUT2D eigenvalue weighted by atomic mass is 16.5. The Morgan fingerprint density at radius 2 is 1.53 bits per heavy atom. The van der Waals surface area contributed by atoms with Gasteiger partial charge in [-0.1, -0.05) is 72.8 Å². The fourth-order valence-corrected chi connectivity index (χ4v) is 6.18. The molecular weight excluding hydrogens is 676 g/mol. The van der Waals surface area contributed by atoms with E-state index in [0.717, 1.165) is 16.7 Å². The minimum atomic E-state index is -1.22. The highest BCUT2D eigenvalue weighted by molar-refractivity contribution is 5.93. The second kappa shape index (κ2) is 18.8. The predicted octanol–water partition coefficient (Wildman–Crippen LogP) is 3.09. The quantitative estimate of drug-likeness (QED) is 0.137. The Morgan fingerprint density at radius 3 is 2.19 bits per heavy atom. The van der Waals surface area contributed by atoms with Crippen molar-refractivity contribution in [3.63, 3.8) is 0 Å². The number of aliphatic hydroxyl groups is 1. The standard InChI is InChI=1S/C41H46N4O8/c1-42-23-33(46)22-35-39(48)45-36(41(50)53-25-27-12-8-5-9-13-27)18-28-16-30(20-32(17-28)40(49)51-3)29-14-15-37(52-24-26-10-6-4-7-11-26)31(19-29)21-34(43-2)38(47)44-35/h4-17,19-20,33-36,42-43,46H,18,21-25H2,1-3H3,(H,44,47)(H,45,48)/t33-,34+,35+,36+/m1/s1. The Balaban J connectivity index is 1.59. The number of fused-ring (bicyclic) bond motifs is 5. The van der Waals surface area contributed by atoms with E-state index in [9.17, 15) is 24.3 Å². The smallest absolute Gasteiger partial charge is 0.337 e. The molecule has 4 atom stereocenters. The summed E-state index contributed by atoms with van der Waals surface area (Å²) in [5, 5.41) is 22.3. The molecule has 12 nitrogen and oxygen atoms in total. The number of rotatable bonds is 12. The van der Waals surface area contributed by atoms with Gasteiger partial charge < -0.3 is 40.6 Å². The SMILES string of the molecule is CNC[C@H](O)C[C@@H]1NC(=O)[C@@H](NC)Cc2cc(ccc2OCc2ccccc2)-c2cc(cc(C(=O)OC)c2)C[C@@H](C(=O)OCc2ccccc2)NC1=O. The van der Waals surface area contributed by atoms with Crippen molar-refractivity contribution in [1.29, 1.82) is 0 Å². The molecule has 4 bridgehead atoms. The molecule has 1 heterocycles. The number of amides is 2. The van der Waals surface area contributed by atoms with Crippen molar-refractivity contribution in [2.45, 2.75) is 56.7 Å². The largest absolute Gasteiger partial charge is 0.489 e. The molecule has 1 aliphatic heterocycles. The molecule has 278 valence electrons. The lowest BCUT2D eigenvalue weighted by atomic mass is 9.94. The number of aliphatic hydroxyl groups excluding tert-OH is 1. The number of methoxy groups -OCH3 is 1. The van der Waals surface area contributed by atoms with Gasteiger partial charge in [0, 0.05) is 25.8 Å². The minimum absolute atomic E-state index is 0.0359. The van der Waals surface area contributed by atoms with Crippen LogP contribution in [-0.2, 0) is 49.9 Å². The first kappa shape index (κ1) is 38.7. The molecule has 0 unspecified atom stereocenters. The average Bonchev–Trinajstić information content (AvgIpc) is 3.17. The van der Waals surface area contributed by atoms with Gasteiger partial charge in [-0.15, -0.1) is 0 Å². The Kier molecular flexibility index (Phi) is 13.7. The van der Waals surface area contributed by atoms with Crippen LogP contribution in [0.4, 0.5) is 0 Å². The first-order valence-corrected chi connectivity index (χ1v) is 17.5. The lowest BCUT2D eigenvalue weighted by molar-refractivity contribution is -0.149. The maximum absolute atomic E-state index is 14.0. The van der Waals surface area contributed by atoms with Gasteiger partial charge in [-0.05, 0) is 71.7 Å². The third-order valence-electron chi connectivity index (χ3n) is 8.98. The molecule has 12 heteroatoms. The molecule has 4 aromatic carbocycles. The van der Waals surface area contributed by atoms with E-state index in [1.165, 1.54) is 7.11 Å². The minimum Gasteiger partial charge on any atom is -0.489 e. The van der Waals surface area contributed by atoms with E-state index >= 15 is 0 Å². The molecule has 5 rings (SSSR count). The average molecular weight is 723 g/mol. The fourth-order valence-electron chi connectivity index (χ4n) is 6.18. The van der Waals surface area contributed by atoms with E-state index in [4.69, 9.17) is 14.2 Å². The molecule has 0 aromatic heterocycles. The van der Waals surface area contributed by atoms with Crippen LogP contribution in [0.25, 0.3) is 11.1 Å². The topological polar surface area (TPSA) is 164 Å². The molecule has 0 radical (unpaired) electrons. The van der Waals surface area contributed by atoms with E-state index in [-0.39, 0.29) is 38.0 Å². The second-order valence-electron chi connectivity index (χ2n) is 12.9. The Labute approximate surface area is 309 Å². The van der Waals surface area contributed by atoms with Gasteiger partial charge in [0.2, 0.25) is 11.8 Å². The molecule has 1 aliphatic rings. The van der Waals surface area contributed by atoms with E-state index in [1.54, 1.807) is 26.2 Å². The summed E-state index contributed by atoms with van der Waals surface area (Å²) in [5.74, 6) is -1.91. The van der Waals surface area contributed by atoms with Gasteiger partial charge in [-0.2, -0.15) is 0 Å². The summed E-state index contributed by atoms with van der Waals surface area (Å²) < 4.78 is 17.0. The van der Waals surface area contributed by atoms with Crippen LogP contribution in [0.15, 0.2) is 97.1 Å². The number of likely N-dealkylation sites (N-methyl/N-ethyl adjacent to an activating group) is 2. The highest BCUT2D eigenvalue weighted by Crippen LogP contribution is 2.31. The normalized spacial score (nSPS) is 18.0. The number of carbonyl (C=O) groups excluding carboxylic acids is 4. The summed E-state index contributed by atoms with van der Waals surface area (Å²) in [5.41, 5.74) is 4.59. The van der Waals surface area contributed by atoms with Crippen LogP contribution in [0.1, 0.15) is 39.0 Å². The molecule has 4 aromatic rings. The maximum Gasteiger partial charge on any atom is 0.337 e. The van der Waals surface area contributed by atoms with Crippen LogP contribution in [0, 0.1) is 0 Å². The van der Waals surface area contributed by atoms with Gasteiger partial charge >= 0.3 is 11.9 Å². The fraction of sp³-hybridized carbons (Fsp3) is 0.317. The summed E-state index contributed by atoms with van der Waals surface area (Å²) in [6.07, 6.45) is -1.01. The number of esters is 2. The molecule has 0 aliphatic carbocycles. The Morgan fingerprint density at radius 1 is 0.830 bits per heavy atom. The van der Waals surface area contributed by atoms with Crippen LogP contribution < -0.4 is 26.0 Å². The van der Waals surface area contributed by atoms with Crippen molar-refractivity contribution in [2.24, 2.45) is 0 Å². The number of nitrogens with one attached hydrogen (secondary N) is 4. The van der Waals surface area contributed by atoms with E-state index in [2.05, 4.69) is 21.3 Å². The van der Waals surface area contributed by atoms with Crippen molar-refractivity contribution in [3.05, 3.63) is 125 Å². The summed E-state index contributed by atoms with van der Waals surface area (Å²) in [6, 6.07) is 26.3. The van der Waals surface area contributed by atoms with Gasteiger partial charge in [-0.25, -0.2) is 9.59 Å². The van der Waals surface area contributed by atoms with Crippen molar-refractivity contribution >= 4 is 23.8 Å². The molecule has 5 N–H and O–H groups in total. The number of benzene rings is 4. The number of hydrogen-bond acceptors (Lipinski definition) is 10. The van der Waals surface area contributed by atoms with E-state index in [0.29, 0.717) is 29.0 Å². The second-order valence-corrected chi connectivity index (χ2v) is 12.9. The summed E-state index contributed by atoms with van der Waals surface area (Å²) in [6.45, 7) is 0.417.